The Bertz CT molecular complexity index is 1090. The van der Waals surface area contributed by atoms with Crippen LogP contribution in [-0.4, -0.2) is 32.2 Å². The van der Waals surface area contributed by atoms with Gasteiger partial charge in [-0.05, 0) is 50.2 Å². The Hall–Kier alpha value is -3.54. The molecule has 0 N–H and O–H groups in total. The maximum absolute atomic E-state index is 13.1. The highest BCUT2D eigenvalue weighted by Crippen LogP contribution is 2.22. The molecule has 1 amide bonds. The van der Waals surface area contributed by atoms with Crippen LogP contribution in [0.3, 0.4) is 0 Å². The Kier molecular flexibility index (Phi) is 4.38. The first kappa shape index (κ1) is 16.9. The van der Waals surface area contributed by atoms with Gasteiger partial charge in [0.1, 0.15) is 5.69 Å². The first-order valence-corrected chi connectivity index (χ1v) is 8.82. The number of benzene rings is 1. The Balaban J connectivity index is 1.80. The summed E-state index contributed by atoms with van der Waals surface area (Å²) in [6.07, 6.45) is 3.35. The van der Waals surface area contributed by atoms with E-state index in [1.54, 1.807) is 28.0 Å². The molecule has 0 bridgehead atoms. The number of carbonyl (C=O) groups excluding carboxylic acids is 1. The normalized spacial score (nSPS) is 10.9. The molecule has 27 heavy (non-hydrogen) atoms. The molecule has 1 aromatic carbocycles. The molecule has 0 radical (unpaired) electrons. The van der Waals surface area contributed by atoms with Crippen LogP contribution in [0.15, 0.2) is 67.0 Å². The molecule has 6 heteroatoms. The number of pyridine rings is 2. The van der Waals surface area contributed by atoms with Crippen LogP contribution in [0.2, 0.25) is 0 Å². The van der Waals surface area contributed by atoms with Crippen molar-refractivity contribution in [3.8, 4) is 5.69 Å². The SMILES string of the molecule is CCN(C(=O)c1ccc2c(C)nn(-c3ccccc3)c2n1)c1ccncc1. The predicted octanol–water partition coefficient (Wildman–Crippen LogP) is 3.79. The van der Waals surface area contributed by atoms with Gasteiger partial charge in [0.25, 0.3) is 5.91 Å². The van der Waals surface area contributed by atoms with Crippen molar-refractivity contribution in [1.29, 1.82) is 0 Å². The van der Waals surface area contributed by atoms with Crippen molar-refractivity contribution in [1.82, 2.24) is 19.7 Å². The van der Waals surface area contributed by atoms with Gasteiger partial charge in [-0.15, -0.1) is 0 Å². The summed E-state index contributed by atoms with van der Waals surface area (Å²) in [5, 5.41) is 5.54. The van der Waals surface area contributed by atoms with E-state index in [0.29, 0.717) is 17.9 Å². The smallest absolute Gasteiger partial charge is 0.276 e. The highest BCUT2D eigenvalue weighted by atomic mass is 16.2. The Morgan fingerprint density at radius 2 is 1.78 bits per heavy atom. The van der Waals surface area contributed by atoms with Crippen molar-refractivity contribution in [3.63, 3.8) is 0 Å². The third kappa shape index (κ3) is 3.06. The van der Waals surface area contributed by atoms with Gasteiger partial charge in [-0.25, -0.2) is 9.67 Å². The minimum absolute atomic E-state index is 0.149. The van der Waals surface area contributed by atoms with E-state index in [-0.39, 0.29) is 5.91 Å². The van der Waals surface area contributed by atoms with Crippen LogP contribution in [0, 0.1) is 6.92 Å². The topological polar surface area (TPSA) is 63.9 Å². The van der Waals surface area contributed by atoms with Crippen LogP contribution in [0.25, 0.3) is 16.7 Å². The standard InChI is InChI=1S/C21H19N5O/c1-3-25(16-11-13-22-14-12-16)21(27)19-10-9-18-15(2)24-26(20(18)23-19)17-7-5-4-6-8-17/h4-14H,3H2,1-2H3. The molecular weight excluding hydrogens is 338 g/mol. The van der Waals surface area contributed by atoms with Crippen molar-refractivity contribution in [2.45, 2.75) is 13.8 Å². The van der Waals surface area contributed by atoms with E-state index in [0.717, 1.165) is 22.5 Å². The highest BCUT2D eigenvalue weighted by molar-refractivity contribution is 6.05. The van der Waals surface area contributed by atoms with Crippen molar-refractivity contribution < 1.29 is 4.79 Å². The first-order chi connectivity index (χ1) is 13.2. The van der Waals surface area contributed by atoms with E-state index in [2.05, 4.69) is 15.1 Å². The van der Waals surface area contributed by atoms with Gasteiger partial charge in [-0.2, -0.15) is 5.10 Å². The number of hydrogen-bond acceptors (Lipinski definition) is 4. The van der Waals surface area contributed by atoms with Crippen molar-refractivity contribution >= 4 is 22.6 Å². The molecule has 0 atom stereocenters. The second-order valence-corrected chi connectivity index (χ2v) is 6.16. The number of aromatic nitrogens is 4. The van der Waals surface area contributed by atoms with Crippen LogP contribution in [0.1, 0.15) is 23.1 Å². The van der Waals surface area contributed by atoms with E-state index in [1.165, 1.54) is 0 Å². The van der Waals surface area contributed by atoms with E-state index < -0.39 is 0 Å². The molecule has 0 saturated carbocycles. The minimum atomic E-state index is -0.149. The number of para-hydroxylation sites is 1. The predicted molar refractivity (Wildman–Crippen MR) is 105 cm³/mol. The zero-order valence-electron chi connectivity index (χ0n) is 15.2. The lowest BCUT2D eigenvalue weighted by Gasteiger charge is -2.20. The van der Waals surface area contributed by atoms with E-state index >= 15 is 0 Å². The van der Waals surface area contributed by atoms with E-state index in [9.17, 15) is 4.79 Å². The zero-order chi connectivity index (χ0) is 18.8. The van der Waals surface area contributed by atoms with Gasteiger partial charge in [0.05, 0.1) is 11.4 Å². The third-order valence-electron chi connectivity index (χ3n) is 4.47. The molecule has 0 aliphatic rings. The molecule has 0 saturated heterocycles. The summed E-state index contributed by atoms with van der Waals surface area (Å²) in [4.78, 5) is 23.5. The van der Waals surface area contributed by atoms with E-state index in [1.807, 2.05) is 62.4 Å². The van der Waals surface area contributed by atoms with Crippen molar-refractivity contribution in [2.24, 2.45) is 0 Å². The fourth-order valence-electron chi connectivity index (χ4n) is 3.12. The number of carbonyl (C=O) groups is 1. The summed E-state index contributed by atoms with van der Waals surface area (Å²) in [6.45, 7) is 4.43. The van der Waals surface area contributed by atoms with Gasteiger partial charge in [-0.3, -0.25) is 9.78 Å². The summed E-state index contributed by atoms with van der Waals surface area (Å²) >= 11 is 0. The first-order valence-electron chi connectivity index (χ1n) is 8.82. The van der Waals surface area contributed by atoms with E-state index in [4.69, 9.17) is 0 Å². The second-order valence-electron chi connectivity index (χ2n) is 6.16. The molecule has 0 fully saturated rings. The highest BCUT2D eigenvalue weighted by Gasteiger charge is 2.19. The number of hydrogen-bond donors (Lipinski definition) is 0. The number of fused-ring (bicyclic) bond motifs is 1. The minimum Gasteiger partial charge on any atom is -0.307 e. The number of rotatable bonds is 4. The largest absolute Gasteiger partial charge is 0.307 e. The molecular formula is C21H19N5O. The van der Waals surface area contributed by atoms with Crippen LogP contribution < -0.4 is 4.90 Å². The summed E-state index contributed by atoms with van der Waals surface area (Å²) in [5.74, 6) is -0.149. The maximum atomic E-state index is 13.1. The third-order valence-corrected chi connectivity index (χ3v) is 4.47. The lowest BCUT2D eigenvalue weighted by Crippen LogP contribution is -2.31. The second kappa shape index (κ2) is 6.99. The lowest BCUT2D eigenvalue weighted by molar-refractivity contribution is 0.0984. The molecule has 0 unspecified atom stereocenters. The molecule has 0 spiro atoms. The fourth-order valence-corrected chi connectivity index (χ4v) is 3.12. The average molecular weight is 357 g/mol. The van der Waals surface area contributed by atoms with Gasteiger partial charge in [0, 0.05) is 30.0 Å². The van der Waals surface area contributed by atoms with Crippen LogP contribution in [-0.2, 0) is 0 Å². The molecule has 6 nitrogen and oxygen atoms in total. The Morgan fingerprint density at radius 3 is 2.48 bits per heavy atom. The summed E-state index contributed by atoms with van der Waals surface area (Å²) in [5.41, 5.74) is 3.65. The molecule has 0 aliphatic heterocycles. The quantitative estimate of drug-likeness (QED) is 0.557. The molecule has 4 aromatic rings. The molecule has 3 heterocycles. The molecule has 134 valence electrons. The van der Waals surface area contributed by atoms with Gasteiger partial charge < -0.3 is 4.90 Å². The van der Waals surface area contributed by atoms with Gasteiger partial charge in [0.15, 0.2) is 5.65 Å². The fraction of sp³-hybridized carbons (Fsp3) is 0.143. The summed E-state index contributed by atoms with van der Waals surface area (Å²) in [6, 6.07) is 17.1. The summed E-state index contributed by atoms with van der Waals surface area (Å²) in [7, 11) is 0. The molecule has 0 aliphatic carbocycles. The van der Waals surface area contributed by atoms with Gasteiger partial charge in [-0.1, -0.05) is 18.2 Å². The number of amides is 1. The van der Waals surface area contributed by atoms with Crippen LogP contribution >= 0.6 is 0 Å². The monoisotopic (exact) mass is 357 g/mol. The zero-order valence-corrected chi connectivity index (χ0v) is 15.2. The van der Waals surface area contributed by atoms with Crippen LogP contribution in [0.5, 0.6) is 0 Å². The number of nitrogens with zero attached hydrogens (tertiary/aromatic N) is 5. The Morgan fingerprint density at radius 1 is 1.04 bits per heavy atom. The average Bonchev–Trinajstić information content (AvgIpc) is 3.06. The molecule has 4 rings (SSSR count). The van der Waals surface area contributed by atoms with Gasteiger partial charge in [0.2, 0.25) is 0 Å². The van der Waals surface area contributed by atoms with Crippen molar-refractivity contribution in [2.75, 3.05) is 11.4 Å². The maximum Gasteiger partial charge on any atom is 0.276 e. The summed E-state index contributed by atoms with van der Waals surface area (Å²) < 4.78 is 1.78. The van der Waals surface area contributed by atoms with Crippen molar-refractivity contribution in [3.05, 3.63) is 78.4 Å². The van der Waals surface area contributed by atoms with Crippen LogP contribution in [0.4, 0.5) is 5.69 Å². The number of anilines is 1. The number of aryl methyl sites for hydroxylation is 1. The van der Waals surface area contributed by atoms with Gasteiger partial charge >= 0.3 is 0 Å². The lowest BCUT2D eigenvalue weighted by atomic mass is 10.2. The molecule has 3 aromatic heterocycles. The Labute approximate surface area is 157 Å².